The van der Waals surface area contributed by atoms with Crippen molar-refractivity contribution in [2.24, 2.45) is 0 Å². The molecule has 0 atom stereocenters. The molecular weight excluding hydrogens is 352 g/mol. The van der Waals surface area contributed by atoms with Crippen LogP contribution in [0.5, 0.6) is 0 Å². The molecule has 8 heteroatoms. The highest BCUT2D eigenvalue weighted by Gasteiger charge is 2.24. The average molecular weight is 378 g/mol. The van der Waals surface area contributed by atoms with Crippen molar-refractivity contribution in [1.82, 2.24) is 10.1 Å². The summed E-state index contributed by atoms with van der Waals surface area (Å²) in [5.41, 5.74) is 2.00. The lowest BCUT2D eigenvalue weighted by atomic mass is 10.2. The van der Waals surface area contributed by atoms with Crippen LogP contribution in [0.25, 0.3) is 0 Å². The second-order valence-electron chi connectivity index (χ2n) is 6.63. The van der Waals surface area contributed by atoms with Gasteiger partial charge in [0.2, 0.25) is 0 Å². The molecule has 0 amide bonds. The van der Waals surface area contributed by atoms with Gasteiger partial charge in [0.1, 0.15) is 5.69 Å². The summed E-state index contributed by atoms with van der Waals surface area (Å²) >= 11 is 0. The molecule has 2 aromatic rings. The van der Waals surface area contributed by atoms with Crippen LogP contribution in [-0.2, 0) is 10.0 Å². The zero-order chi connectivity index (χ0) is 18.7. The van der Waals surface area contributed by atoms with Crippen molar-refractivity contribution in [3.8, 4) is 0 Å². The van der Waals surface area contributed by atoms with Crippen LogP contribution < -0.4 is 9.62 Å². The van der Waals surface area contributed by atoms with Crippen LogP contribution in [0.15, 0.2) is 33.7 Å². The lowest BCUT2D eigenvalue weighted by molar-refractivity contribution is 0.258. The molecule has 1 aromatic carbocycles. The minimum Gasteiger partial charge on any atom is -0.369 e. The normalized spacial score (nSPS) is 16.0. The van der Waals surface area contributed by atoms with E-state index < -0.39 is 10.0 Å². The Kier molecular flexibility index (Phi) is 5.52. The van der Waals surface area contributed by atoms with Crippen LogP contribution in [0.4, 0.5) is 11.4 Å². The molecule has 1 aliphatic heterocycles. The van der Waals surface area contributed by atoms with E-state index in [1.807, 2.05) is 12.1 Å². The molecule has 0 spiro atoms. The maximum absolute atomic E-state index is 12.6. The number of aryl methyl sites for hydroxylation is 2. The molecule has 1 aromatic heterocycles. The first-order valence-electron chi connectivity index (χ1n) is 8.94. The molecular formula is C18H26N4O3S. The Hall–Kier alpha value is -2.06. The van der Waals surface area contributed by atoms with Crippen molar-refractivity contribution in [3.63, 3.8) is 0 Å². The number of hydrogen-bond acceptors (Lipinski definition) is 6. The van der Waals surface area contributed by atoms with Gasteiger partial charge in [-0.1, -0.05) is 12.1 Å². The van der Waals surface area contributed by atoms with E-state index in [2.05, 4.69) is 26.6 Å². The van der Waals surface area contributed by atoms with Gasteiger partial charge in [0, 0.05) is 37.6 Å². The Balaban J connectivity index is 1.67. The van der Waals surface area contributed by atoms with Crippen LogP contribution >= 0.6 is 0 Å². The number of anilines is 2. The van der Waals surface area contributed by atoms with Crippen molar-refractivity contribution in [3.05, 3.63) is 35.7 Å². The summed E-state index contributed by atoms with van der Waals surface area (Å²) in [6, 6.07) is 7.51. The number of nitrogens with zero attached hydrogens (tertiary/aromatic N) is 3. The first-order valence-corrected chi connectivity index (χ1v) is 10.4. The van der Waals surface area contributed by atoms with Gasteiger partial charge in [-0.15, -0.1) is 0 Å². The molecule has 1 N–H and O–H groups in total. The summed E-state index contributed by atoms with van der Waals surface area (Å²) in [7, 11) is -3.71. The maximum Gasteiger partial charge on any atom is 0.267 e. The number of benzene rings is 1. The molecule has 1 aliphatic rings. The van der Waals surface area contributed by atoms with Crippen molar-refractivity contribution < 1.29 is 12.9 Å². The van der Waals surface area contributed by atoms with Crippen LogP contribution in [-0.4, -0.2) is 51.2 Å². The fourth-order valence-electron chi connectivity index (χ4n) is 3.35. The summed E-state index contributed by atoms with van der Waals surface area (Å²) in [6.07, 6.45) is 1.18. The fraction of sp³-hybridized carbons (Fsp3) is 0.500. The molecule has 0 bridgehead atoms. The lowest BCUT2D eigenvalue weighted by Crippen LogP contribution is -2.46. The van der Waals surface area contributed by atoms with E-state index >= 15 is 0 Å². The number of hydrogen-bond donors (Lipinski definition) is 1. The molecule has 1 saturated heterocycles. The quantitative estimate of drug-likeness (QED) is 0.832. The highest BCUT2D eigenvalue weighted by Crippen LogP contribution is 2.24. The third-order valence-corrected chi connectivity index (χ3v) is 6.26. The summed E-state index contributed by atoms with van der Waals surface area (Å²) in [5, 5.41) is 3.71. The van der Waals surface area contributed by atoms with Gasteiger partial charge in [-0.05, 0) is 51.1 Å². The van der Waals surface area contributed by atoms with Crippen molar-refractivity contribution in [2.75, 3.05) is 42.3 Å². The molecule has 0 saturated carbocycles. The molecule has 142 valence electrons. The smallest absolute Gasteiger partial charge is 0.267 e. The highest BCUT2D eigenvalue weighted by atomic mass is 32.2. The van der Waals surface area contributed by atoms with Crippen LogP contribution in [0.2, 0.25) is 0 Å². The third-order valence-electron chi connectivity index (χ3n) is 4.63. The second-order valence-corrected chi connectivity index (χ2v) is 8.25. The molecule has 0 radical (unpaired) electrons. The standard InChI is InChI=1S/C18H26N4O3S/c1-4-9-21-10-12-22(13-11-21)17-7-5-16(6-8-17)20-26(23,24)18-14(2)19-25-15(18)3/h5-8,20H,4,9-13H2,1-3H3. The summed E-state index contributed by atoms with van der Waals surface area (Å²) in [4.78, 5) is 4.91. The molecule has 3 rings (SSSR count). The summed E-state index contributed by atoms with van der Waals surface area (Å²) in [5.74, 6) is 0.288. The zero-order valence-corrected chi connectivity index (χ0v) is 16.3. The van der Waals surface area contributed by atoms with Gasteiger partial charge in [-0.25, -0.2) is 8.42 Å². The molecule has 1 fully saturated rings. The van der Waals surface area contributed by atoms with Crippen molar-refractivity contribution in [1.29, 1.82) is 0 Å². The minimum absolute atomic E-state index is 0.105. The van der Waals surface area contributed by atoms with Crippen molar-refractivity contribution >= 4 is 21.4 Å². The van der Waals surface area contributed by atoms with Gasteiger partial charge in [0.05, 0.1) is 0 Å². The number of sulfonamides is 1. The Morgan fingerprint density at radius 2 is 1.77 bits per heavy atom. The largest absolute Gasteiger partial charge is 0.369 e. The molecule has 26 heavy (non-hydrogen) atoms. The van der Waals surface area contributed by atoms with Gasteiger partial charge in [0.15, 0.2) is 10.7 Å². The Labute approximate surface area is 155 Å². The van der Waals surface area contributed by atoms with Crippen molar-refractivity contribution in [2.45, 2.75) is 32.1 Å². The van der Waals surface area contributed by atoms with E-state index in [4.69, 9.17) is 4.52 Å². The second kappa shape index (κ2) is 7.67. The zero-order valence-electron chi connectivity index (χ0n) is 15.5. The Bertz CT molecular complexity index is 818. The van der Waals surface area contributed by atoms with E-state index in [1.165, 1.54) is 6.42 Å². The van der Waals surface area contributed by atoms with Gasteiger partial charge in [-0.2, -0.15) is 0 Å². The van der Waals surface area contributed by atoms with Gasteiger partial charge in [-0.3, -0.25) is 9.62 Å². The topological polar surface area (TPSA) is 78.7 Å². The van der Waals surface area contributed by atoms with Crippen LogP contribution in [0, 0.1) is 13.8 Å². The van der Waals surface area contributed by atoms with E-state index in [0.717, 1.165) is 38.4 Å². The number of aromatic nitrogens is 1. The molecule has 0 aliphatic carbocycles. The average Bonchev–Trinajstić information content (AvgIpc) is 2.96. The van der Waals surface area contributed by atoms with Gasteiger partial charge >= 0.3 is 0 Å². The number of rotatable bonds is 6. The predicted molar refractivity (Wildman–Crippen MR) is 102 cm³/mol. The van der Waals surface area contributed by atoms with Crippen LogP contribution in [0.3, 0.4) is 0 Å². The monoisotopic (exact) mass is 378 g/mol. The molecule has 2 heterocycles. The fourth-order valence-corrected chi connectivity index (χ4v) is 4.74. The SMILES string of the molecule is CCCN1CCN(c2ccc(NS(=O)(=O)c3c(C)noc3C)cc2)CC1. The maximum atomic E-state index is 12.6. The Morgan fingerprint density at radius 1 is 1.12 bits per heavy atom. The molecule has 7 nitrogen and oxygen atoms in total. The first kappa shape index (κ1) is 18.7. The third kappa shape index (κ3) is 4.02. The Morgan fingerprint density at radius 3 is 2.31 bits per heavy atom. The predicted octanol–water partition coefficient (Wildman–Crippen LogP) is 2.62. The van der Waals surface area contributed by atoms with E-state index in [0.29, 0.717) is 11.4 Å². The highest BCUT2D eigenvalue weighted by molar-refractivity contribution is 7.92. The van der Waals surface area contributed by atoms with Gasteiger partial charge in [0.25, 0.3) is 10.0 Å². The van der Waals surface area contributed by atoms with E-state index in [1.54, 1.807) is 26.0 Å². The number of piperazine rings is 1. The summed E-state index contributed by atoms with van der Waals surface area (Å²) < 4.78 is 32.7. The van der Waals surface area contributed by atoms with Gasteiger partial charge < -0.3 is 9.42 Å². The van der Waals surface area contributed by atoms with E-state index in [-0.39, 0.29) is 10.7 Å². The van der Waals surface area contributed by atoms with Crippen LogP contribution in [0.1, 0.15) is 24.8 Å². The first-order chi connectivity index (χ1) is 12.4. The molecule has 0 unspecified atom stereocenters. The minimum atomic E-state index is -3.71. The summed E-state index contributed by atoms with van der Waals surface area (Å²) in [6.45, 7) is 10.7. The lowest BCUT2D eigenvalue weighted by Gasteiger charge is -2.36. The number of nitrogens with one attached hydrogen (secondary N) is 1. The van der Waals surface area contributed by atoms with E-state index in [9.17, 15) is 8.42 Å².